The standard InChI is InChI=1S/C22H24N2O4S/c1-28-17-8-6-15(7-9-17)22-19(18-4-2-3-5-20(18)24-22)10-11-21(25)23-16-12-13-29(26,27)14-16/h2-9,16,24H,10-14H2,1H3,(H,23,25)/t16-/m1/s1. The number of para-hydroxylation sites is 1. The number of aromatic amines is 1. The number of nitrogens with one attached hydrogen (secondary N) is 2. The molecule has 0 saturated carbocycles. The van der Waals surface area contributed by atoms with E-state index in [2.05, 4.69) is 16.4 Å². The van der Waals surface area contributed by atoms with Crippen molar-refractivity contribution in [3.63, 3.8) is 0 Å². The van der Waals surface area contributed by atoms with Gasteiger partial charge in [-0.15, -0.1) is 0 Å². The van der Waals surface area contributed by atoms with E-state index in [4.69, 9.17) is 4.74 Å². The molecule has 2 heterocycles. The third kappa shape index (κ3) is 4.29. The van der Waals surface area contributed by atoms with E-state index in [9.17, 15) is 13.2 Å². The van der Waals surface area contributed by atoms with Gasteiger partial charge in [0.1, 0.15) is 5.75 Å². The molecule has 1 atom stereocenters. The molecule has 0 unspecified atom stereocenters. The number of hydrogen-bond donors (Lipinski definition) is 2. The summed E-state index contributed by atoms with van der Waals surface area (Å²) in [5.74, 6) is 0.876. The fourth-order valence-electron chi connectivity index (χ4n) is 3.91. The summed E-state index contributed by atoms with van der Waals surface area (Å²) in [6, 6.07) is 15.6. The smallest absolute Gasteiger partial charge is 0.220 e. The van der Waals surface area contributed by atoms with Gasteiger partial charge in [-0.2, -0.15) is 0 Å². The zero-order valence-corrected chi connectivity index (χ0v) is 17.1. The first-order valence-corrected chi connectivity index (χ1v) is 11.5. The van der Waals surface area contributed by atoms with Crippen LogP contribution in [0.15, 0.2) is 48.5 Å². The number of ether oxygens (including phenoxy) is 1. The second-order valence-corrected chi connectivity index (χ2v) is 9.65. The molecule has 1 aliphatic heterocycles. The van der Waals surface area contributed by atoms with Gasteiger partial charge in [0, 0.05) is 29.1 Å². The predicted molar refractivity (Wildman–Crippen MR) is 114 cm³/mol. The van der Waals surface area contributed by atoms with Gasteiger partial charge in [0.25, 0.3) is 0 Å². The summed E-state index contributed by atoms with van der Waals surface area (Å²) in [7, 11) is -1.37. The van der Waals surface area contributed by atoms with Crippen LogP contribution in [0, 0.1) is 0 Å². The number of benzene rings is 2. The maximum Gasteiger partial charge on any atom is 0.220 e. The van der Waals surface area contributed by atoms with E-state index in [0.29, 0.717) is 19.3 Å². The van der Waals surface area contributed by atoms with Crippen molar-refractivity contribution in [3.05, 3.63) is 54.1 Å². The molecule has 2 aromatic carbocycles. The summed E-state index contributed by atoms with van der Waals surface area (Å²) >= 11 is 0. The molecule has 7 heteroatoms. The van der Waals surface area contributed by atoms with E-state index in [0.717, 1.165) is 33.5 Å². The molecule has 0 aliphatic carbocycles. The van der Waals surface area contributed by atoms with Gasteiger partial charge in [0.15, 0.2) is 9.84 Å². The fourth-order valence-corrected chi connectivity index (χ4v) is 5.58. The van der Waals surface area contributed by atoms with Crippen molar-refractivity contribution in [2.45, 2.75) is 25.3 Å². The van der Waals surface area contributed by atoms with Crippen molar-refractivity contribution in [2.24, 2.45) is 0 Å². The normalized spacial score (nSPS) is 18.0. The minimum atomic E-state index is -3.01. The van der Waals surface area contributed by atoms with Crippen molar-refractivity contribution in [3.8, 4) is 17.0 Å². The molecule has 3 aromatic rings. The number of aryl methyl sites for hydroxylation is 1. The van der Waals surface area contributed by atoms with E-state index in [1.165, 1.54) is 0 Å². The molecular weight excluding hydrogens is 388 g/mol. The Kier molecular flexibility index (Phi) is 5.32. The van der Waals surface area contributed by atoms with E-state index >= 15 is 0 Å². The van der Waals surface area contributed by atoms with Gasteiger partial charge in [0.2, 0.25) is 5.91 Å². The predicted octanol–water partition coefficient (Wildman–Crippen LogP) is 3.08. The fraction of sp³-hybridized carbons (Fsp3) is 0.318. The molecule has 29 heavy (non-hydrogen) atoms. The first-order valence-electron chi connectivity index (χ1n) is 9.69. The average molecular weight is 413 g/mol. The maximum absolute atomic E-state index is 12.4. The lowest BCUT2D eigenvalue weighted by atomic mass is 10.0. The van der Waals surface area contributed by atoms with Crippen molar-refractivity contribution in [1.29, 1.82) is 0 Å². The number of methoxy groups -OCH3 is 1. The van der Waals surface area contributed by atoms with Crippen LogP contribution in [0.5, 0.6) is 5.75 Å². The van der Waals surface area contributed by atoms with Gasteiger partial charge < -0.3 is 15.0 Å². The molecule has 0 radical (unpaired) electrons. The molecule has 1 fully saturated rings. The van der Waals surface area contributed by atoms with Crippen LogP contribution in [-0.4, -0.2) is 44.0 Å². The van der Waals surface area contributed by atoms with E-state index in [1.807, 2.05) is 42.5 Å². The van der Waals surface area contributed by atoms with E-state index < -0.39 is 9.84 Å². The quantitative estimate of drug-likeness (QED) is 0.651. The van der Waals surface area contributed by atoms with Crippen LogP contribution < -0.4 is 10.1 Å². The molecular formula is C22H24N2O4S. The van der Waals surface area contributed by atoms with Crippen LogP contribution in [0.1, 0.15) is 18.4 Å². The topological polar surface area (TPSA) is 88.3 Å². The molecule has 4 rings (SSSR count). The lowest BCUT2D eigenvalue weighted by Crippen LogP contribution is -2.35. The van der Waals surface area contributed by atoms with Gasteiger partial charge in [0.05, 0.1) is 18.6 Å². The minimum Gasteiger partial charge on any atom is -0.497 e. The number of carbonyl (C=O) groups is 1. The number of fused-ring (bicyclic) bond motifs is 1. The molecule has 1 amide bonds. The zero-order chi connectivity index (χ0) is 20.4. The second kappa shape index (κ2) is 7.91. The van der Waals surface area contributed by atoms with Gasteiger partial charge in [-0.1, -0.05) is 18.2 Å². The molecule has 1 saturated heterocycles. The molecule has 0 spiro atoms. The summed E-state index contributed by atoms with van der Waals surface area (Å²) in [4.78, 5) is 15.9. The van der Waals surface area contributed by atoms with Crippen LogP contribution in [0.2, 0.25) is 0 Å². The highest BCUT2D eigenvalue weighted by atomic mass is 32.2. The van der Waals surface area contributed by atoms with E-state index in [1.54, 1.807) is 7.11 Å². The highest BCUT2D eigenvalue weighted by molar-refractivity contribution is 7.91. The van der Waals surface area contributed by atoms with Crippen molar-refractivity contribution >= 4 is 26.6 Å². The summed E-state index contributed by atoms with van der Waals surface area (Å²) in [6.45, 7) is 0. The van der Waals surface area contributed by atoms with Crippen LogP contribution in [0.3, 0.4) is 0 Å². The van der Waals surface area contributed by atoms with Crippen LogP contribution in [0.4, 0.5) is 0 Å². The lowest BCUT2D eigenvalue weighted by Gasteiger charge is -2.11. The van der Waals surface area contributed by atoms with Gasteiger partial charge in [-0.25, -0.2) is 8.42 Å². The number of hydrogen-bond acceptors (Lipinski definition) is 4. The second-order valence-electron chi connectivity index (χ2n) is 7.42. The minimum absolute atomic E-state index is 0.0446. The van der Waals surface area contributed by atoms with Crippen LogP contribution in [0.25, 0.3) is 22.2 Å². The van der Waals surface area contributed by atoms with Crippen LogP contribution >= 0.6 is 0 Å². The Morgan fingerprint density at radius 3 is 2.62 bits per heavy atom. The summed E-state index contributed by atoms with van der Waals surface area (Å²) in [6.07, 6.45) is 1.37. The van der Waals surface area contributed by atoms with Crippen molar-refractivity contribution < 1.29 is 17.9 Å². The Bertz CT molecular complexity index is 1130. The summed E-state index contributed by atoms with van der Waals surface area (Å²) < 4.78 is 28.4. The van der Waals surface area contributed by atoms with Gasteiger partial charge in [-0.3, -0.25) is 4.79 Å². The zero-order valence-electron chi connectivity index (χ0n) is 16.3. The Morgan fingerprint density at radius 1 is 1.17 bits per heavy atom. The maximum atomic E-state index is 12.4. The van der Waals surface area contributed by atoms with Crippen molar-refractivity contribution in [1.82, 2.24) is 10.3 Å². The molecule has 1 aliphatic rings. The van der Waals surface area contributed by atoms with Gasteiger partial charge >= 0.3 is 0 Å². The first kappa shape index (κ1) is 19.5. The summed E-state index contributed by atoms with van der Waals surface area (Å²) in [5.41, 5.74) is 4.12. The number of H-pyrrole nitrogens is 1. The number of sulfone groups is 1. The average Bonchev–Trinajstić information content (AvgIpc) is 3.25. The number of carbonyl (C=O) groups excluding carboxylic acids is 1. The largest absolute Gasteiger partial charge is 0.497 e. The highest BCUT2D eigenvalue weighted by Gasteiger charge is 2.28. The number of rotatable bonds is 6. The van der Waals surface area contributed by atoms with Gasteiger partial charge in [-0.05, 0) is 54.3 Å². The molecule has 1 aromatic heterocycles. The van der Waals surface area contributed by atoms with E-state index in [-0.39, 0.29) is 23.5 Å². The van der Waals surface area contributed by atoms with Crippen molar-refractivity contribution in [2.75, 3.05) is 18.6 Å². The number of aromatic nitrogens is 1. The molecule has 6 nitrogen and oxygen atoms in total. The molecule has 152 valence electrons. The first-order chi connectivity index (χ1) is 13.9. The third-order valence-electron chi connectivity index (χ3n) is 5.39. The molecule has 2 N–H and O–H groups in total. The lowest BCUT2D eigenvalue weighted by molar-refractivity contribution is -0.121. The Balaban J connectivity index is 1.55. The third-order valence-corrected chi connectivity index (χ3v) is 7.16. The highest BCUT2D eigenvalue weighted by Crippen LogP contribution is 2.32. The Labute approximate surface area is 170 Å². The summed E-state index contributed by atoms with van der Waals surface area (Å²) in [5, 5.41) is 3.97. The Hall–Kier alpha value is -2.80. The monoisotopic (exact) mass is 412 g/mol. The molecule has 0 bridgehead atoms. The number of amides is 1. The SMILES string of the molecule is COc1ccc(-c2[nH]c3ccccc3c2CCC(=O)N[C@@H]2CCS(=O)(=O)C2)cc1. The van der Waals surface area contributed by atoms with Crippen LogP contribution in [-0.2, 0) is 21.1 Å². The Morgan fingerprint density at radius 2 is 1.93 bits per heavy atom.